The van der Waals surface area contributed by atoms with Crippen molar-refractivity contribution in [1.82, 2.24) is 15.2 Å². The van der Waals surface area contributed by atoms with Crippen LogP contribution >= 0.6 is 11.3 Å². The van der Waals surface area contributed by atoms with Crippen LogP contribution in [0.1, 0.15) is 47.1 Å². The van der Waals surface area contributed by atoms with Gasteiger partial charge < -0.3 is 10.2 Å². The average Bonchev–Trinajstić information content (AvgIpc) is 2.78. The molecule has 1 atom stereocenters. The Morgan fingerprint density at radius 1 is 1.55 bits per heavy atom. The Balaban J connectivity index is 2.15. The van der Waals surface area contributed by atoms with Gasteiger partial charge in [0.25, 0.3) is 5.91 Å². The van der Waals surface area contributed by atoms with E-state index >= 15 is 0 Å². The van der Waals surface area contributed by atoms with Gasteiger partial charge in [-0.2, -0.15) is 0 Å². The molecular formula is C15H25N3OS. The smallest absolute Gasteiger partial charge is 0.265 e. The number of likely N-dealkylation sites (N-methyl/N-ethyl adjacent to an activating group) is 1. The summed E-state index contributed by atoms with van der Waals surface area (Å²) in [6, 6.07) is 0.426. The summed E-state index contributed by atoms with van der Waals surface area (Å²) in [5.41, 5.74) is 0.985. The van der Waals surface area contributed by atoms with Gasteiger partial charge in [0.05, 0.1) is 10.7 Å². The second-order valence-corrected chi connectivity index (χ2v) is 7.19. The highest BCUT2D eigenvalue weighted by molar-refractivity contribution is 7.13. The van der Waals surface area contributed by atoms with E-state index in [0.717, 1.165) is 47.9 Å². The Morgan fingerprint density at radius 2 is 2.30 bits per heavy atom. The van der Waals surface area contributed by atoms with Crippen molar-refractivity contribution < 1.29 is 4.79 Å². The first-order chi connectivity index (χ1) is 9.51. The molecule has 0 bridgehead atoms. The van der Waals surface area contributed by atoms with E-state index in [1.807, 2.05) is 18.9 Å². The highest BCUT2D eigenvalue weighted by Gasteiger charge is 2.27. The maximum atomic E-state index is 12.7. The van der Waals surface area contributed by atoms with Crippen molar-refractivity contribution in [3.05, 3.63) is 15.6 Å². The van der Waals surface area contributed by atoms with E-state index in [1.165, 1.54) is 0 Å². The van der Waals surface area contributed by atoms with Crippen molar-refractivity contribution in [3.63, 3.8) is 0 Å². The molecule has 1 aromatic rings. The number of nitrogens with zero attached hydrogens (tertiary/aromatic N) is 2. The first-order valence-corrected chi connectivity index (χ1v) is 8.25. The van der Waals surface area contributed by atoms with E-state index in [1.54, 1.807) is 11.3 Å². The molecule has 0 spiro atoms. The van der Waals surface area contributed by atoms with Crippen LogP contribution in [-0.4, -0.2) is 42.0 Å². The van der Waals surface area contributed by atoms with E-state index in [-0.39, 0.29) is 5.91 Å². The number of likely N-dealkylation sites (tertiary alicyclic amines) is 1. The third-order valence-corrected chi connectivity index (χ3v) is 4.72. The van der Waals surface area contributed by atoms with Crippen LogP contribution < -0.4 is 5.32 Å². The Hall–Kier alpha value is -0.940. The molecule has 1 aromatic heterocycles. The fourth-order valence-electron chi connectivity index (χ4n) is 2.70. The van der Waals surface area contributed by atoms with Crippen molar-refractivity contribution in [3.8, 4) is 0 Å². The summed E-state index contributed by atoms with van der Waals surface area (Å²) in [5, 5.41) is 4.28. The largest absolute Gasteiger partial charge is 0.336 e. The summed E-state index contributed by atoms with van der Waals surface area (Å²) in [7, 11) is 1.97. The van der Waals surface area contributed by atoms with Crippen LogP contribution in [0.15, 0.2) is 0 Å². The molecule has 20 heavy (non-hydrogen) atoms. The Labute approximate surface area is 125 Å². The maximum absolute atomic E-state index is 12.7. The van der Waals surface area contributed by atoms with Crippen molar-refractivity contribution in [2.75, 3.05) is 20.1 Å². The Kier molecular flexibility index (Phi) is 5.16. The number of hydrogen-bond acceptors (Lipinski definition) is 4. The lowest BCUT2D eigenvalue weighted by atomic mass is 10.0. The summed E-state index contributed by atoms with van der Waals surface area (Å²) < 4.78 is 0. The molecule has 0 aliphatic carbocycles. The maximum Gasteiger partial charge on any atom is 0.265 e. The number of thiazole rings is 1. The van der Waals surface area contributed by atoms with Gasteiger partial charge in [-0.15, -0.1) is 11.3 Å². The van der Waals surface area contributed by atoms with E-state index < -0.39 is 0 Å². The number of aryl methyl sites for hydroxylation is 1. The number of aromatic nitrogens is 1. The van der Waals surface area contributed by atoms with E-state index in [9.17, 15) is 4.79 Å². The van der Waals surface area contributed by atoms with Crippen LogP contribution in [0.3, 0.4) is 0 Å². The fraction of sp³-hybridized carbons (Fsp3) is 0.733. The molecular weight excluding hydrogens is 270 g/mol. The number of hydrogen-bond donors (Lipinski definition) is 1. The molecule has 1 fully saturated rings. The number of amides is 1. The normalized spacial score (nSPS) is 19.6. The molecule has 5 heteroatoms. The molecule has 2 heterocycles. The minimum atomic E-state index is 0.172. The van der Waals surface area contributed by atoms with Crippen LogP contribution in [-0.2, 0) is 6.42 Å². The van der Waals surface area contributed by atoms with Gasteiger partial charge in [0.15, 0.2) is 0 Å². The standard InChI is InChI=1S/C15H25N3OS/c1-10(2)8-13-14(20-11(3)17-13)15(19)18-7-5-6-12(9-18)16-4/h10,12,16H,5-9H2,1-4H3/t12-/m1/s1. The van der Waals surface area contributed by atoms with Crippen LogP contribution in [0.2, 0.25) is 0 Å². The van der Waals surface area contributed by atoms with E-state index in [2.05, 4.69) is 24.1 Å². The Morgan fingerprint density at radius 3 is 2.95 bits per heavy atom. The molecule has 0 radical (unpaired) electrons. The molecule has 0 saturated carbocycles. The van der Waals surface area contributed by atoms with E-state index in [4.69, 9.17) is 0 Å². The predicted octanol–water partition coefficient (Wildman–Crippen LogP) is 2.47. The number of carbonyl (C=O) groups is 1. The van der Waals surface area contributed by atoms with Gasteiger partial charge in [-0.25, -0.2) is 4.98 Å². The third kappa shape index (κ3) is 3.58. The molecule has 1 aliphatic heterocycles. The summed E-state index contributed by atoms with van der Waals surface area (Å²) in [5.74, 6) is 0.695. The van der Waals surface area contributed by atoms with E-state index in [0.29, 0.717) is 12.0 Å². The number of nitrogens with one attached hydrogen (secondary N) is 1. The zero-order valence-electron chi connectivity index (χ0n) is 12.9. The second kappa shape index (κ2) is 6.68. The van der Waals surface area contributed by atoms with Gasteiger partial charge in [-0.1, -0.05) is 13.8 Å². The molecule has 1 aliphatic rings. The van der Waals surface area contributed by atoms with Crippen LogP contribution in [0, 0.1) is 12.8 Å². The van der Waals surface area contributed by atoms with Crippen molar-refractivity contribution in [2.45, 2.75) is 46.1 Å². The summed E-state index contributed by atoms with van der Waals surface area (Å²) in [6.07, 6.45) is 3.12. The predicted molar refractivity (Wildman–Crippen MR) is 83.4 cm³/mol. The molecule has 112 valence electrons. The fourth-order valence-corrected chi connectivity index (χ4v) is 3.62. The molecule has 1 saturated heterocycles. The lowest BCUT2D eigenvalue weighted by Gasteiger charge is -2.32. The SMILES string of the molecule is CN[C@@H]1CCCN(C(=O)c2sc(C)nc2CC(C)C)C1. The zero-order valence-corrected chi connectivity index (χ0v) is 13.7. The molecule has 1 N–H and O–H groups in total. The first-order valence-electron chi connectivity index (χ1n) is 7.44. The number of carbonyl (C=O) groups excluding carboxylic acids is 1. The Bertz CT molecular complexity index is 470. The van der Waals surface area contributed by atoms with Crippen molar-refractivity contribution in [1.29, 1.82) is 0 Å². The minimum Gasteiger partial charge on any atom is -0.336 e. The topological polar surface area (TPSA) is 45.2 Å². The number of rotatable bonds is 4. The van der Waals surface area contributed by atoms with Gasteiger partial charge >= 0.3 is 0 Å². The summed E-state index contributed by atoms with van der Waals surface area (Å²) in [6.45, 7) is 8.00. The van der Waals surface area contributed by atoms with Gasteiger partial charge in [-0.05, 0) is 39.2 Å². The second-order valence-electron chi connectivity index (χ2n) is 5.99. The lowest BCUT2D eigenvalue weighted by Crippen LogP contribution is -2.47. The minimum absolute atomic E-state index is 0.172. The van der Waals surface area contributed by atoms with Crippen molar-refractivity contribution >= 4 is 17.2 Å². The third-order valence-electron chi connectivity index (χ3n) is 3.72. The quantitative estimate of drug-likeness (QED) is 0.928. The van der Waals surface area contributed by atoms with Gasteiger partial charge in [-0.3, -0.25) is 4.79 Å². The molecule has 1 amide bonds. The van der Waals surface area contributed by atoms with Crippen LogP contribution in [0.4, 0.5) is 0 Å². The highest BCUT2D eigenvalue weighted by Crippen LogP contribution is 2.24. The molecule has 0 unspecified atom stereocenters. The summed E-state index contributed by atoms with van der Waals surface area (Å²) in [4.78, 5) is 20.1. The zero-order chi connectivity index (χ0) is 14.7. The first kappa shape index (κ1) is 15.4. The summed E-state index contributed by atoms with van der Waals surface area (Å²) >= 11 is 1.54. The van der Waals surface area contributed by atoms with Crippen molar-refractivity contribution in [2.24, 2.45) is 5.92 Å². The van der Waals surface area contributed by atoms with Gasteiger partial charge in [0, 0.05) is 19.1 Å². The highest BCUT2D eigenvalue weighted by atomic mass is 32.1. The average molecular weight is 295 g/mol. The monoisotopic (exact) mass is 295 g/mol. The molecule has 2 rings (SSSR count). The van der Waals surface area contributed by atoms with Gasteiger partial charge in [0.1, 0.15) is 4.88 Å². The lowest BCUT2D eigenvalue weighted by molar-refractivity contribution is 0.0701. The molecule has 0 aromatic carbocycles. The molecule has 4 nitrogen and oxygen atoms in total. The number of piperidine rings is 1. The van der Waals surface area contributed by atoms with Gasteiger partial charge in [0.2, 0.25) is 0 Å². The van der Waals surface area contributed by atoms with Crippen LogP contribution in [0.5, 0.6) is 0 Å². The van der Waals surface area contributed by atoms with Crippen LogP contribution in [0.25, 0.3) is 0 Å².